The average Bonchev–Trinajstić information content (AvgIpc) is 3.30. The summed E-state index contributed by atoms with van der Waals surface area (Å²) >= 11 is 1.70. The molecule has 4 rings (SSSR count). The molecule has 2 aromatic rings. The average molecular weight is 346 g/mol. The van der Waals surface area contributed by atoms with E-state index in [0.717, 1.165) is 37.9 Å². The largest absolute Gasteiger partial charge is 0.380 e. The minimum atomic E-state index is -0.0131. The third-order valence-electron chi connectivity index (χ3n) is 5.21. The lowest BCUT2D eigenvalue weighted by atomic mass is 9.81. The molecule has 4 heterocycles. The molecule has 0 saturated carbocycles. The second kappa shape index (κ2) is 6.31. The van der Waals surface area contributed by atoms with Crippen molar-refractivity contribution >= 4 is 17.2 Å². The Kier molecular flexibility index (Phi) is 4.15. The van der Waals surface area contributed by atoms with E-state index in [9.17, 15) is 4.79 Å². The molecular weight excluding hydrogens is 324 g/mol. The van der Waals surface area contributed by atoms with Crippen molar-refractivity contribution in [2.24, 2.45) is 18.4 Å². The van der Waals surface area contributed by atoms with Crippen LogP contribution in [0.4, 0.5) is 0 Å². The molecule has 0 radical (unpaired) electrons. The molecule has 0 spiro atoms. The van der Waals surface area contributed by atoms with Crippen LogP contribution in [-0.4, -0.2) is 53.2 Å². The summed E-state index contributed by atoms with van der Waals surface area (Å²) in [6.07, 6.45) is 3.75. The Balaban J connectivity index is 1.41. The zero-order valence-corrected chi connectivity index (χ0v) is 14.6. The number of hydrogen-bond acceptors (Lipinski definition) is 5. The summed E-state index contributed by atoms with van der Waals surface area (Å²) in [5, 5.41) is 6.30. The van der Waals surface area contributed by atoms with E-state index in [1.165, 1.54) is 0 Å². The van der Waals surface area contributed by atoms with E-state index in [1.807, 2.05) is 41.5 Å². The molecule has 0 aliphatic carbocycles. The number of nitrogens with one attached hydrogen (secondary N) is 1. The highest BCUT2D eigenvalue weighted by Crippen LogP contribution is 2.41. The molecule has 0 unspecified atom stereocenters. The van der Waals surface area contributed by atoms with Gasteiger partial charge in [0.25, 0.3) is 5.91 Å². The van der Waals surface area contributed by atoms with E-state index >= 15 is 0 Å². The standard InChI is InChI=1S/C17H22N4O2S/c1-20-5-2-3-14(20)16(22)19-10-17-11-21(7-13(17)9-23-12-17)8-15-18-4-6-24-15/h2-6,13H,7-12H2,1H3,(H,19,22)/t13-,17+/m1/s1. The van der Waals surface area contributed by atoms with Gasteiger partial charge < -0.3 is 14.6 Å². The topological polar surface area (TPSA) is 59.4 Å². The second-order valence-electron chi connectivity index (χ2n) is 6.86. The molecule has 1 N–H and O–H groups in total. The van der Waals surface area contributed by atoms with Gasteiger partial charge in [-0.1, -0.05) is 0 Å². The van der Waals surface area contributed by atoms with E-state index in [1.54, 1.807) is 11.3 Å². The highest BCUT2D eigenvalue weighted by atomic mass is 32.1. The van der Waals surface area contributed by atoms with Gasteiger partial charge in [0.05, 0.1) is 19.8 Å². The monoisotopic (exact) mass is 346 g/mol. The molecule has 2 fully saturated rings. The minimum Gasteiger partial charge on any atom is -0.380 e. The van der Waals surface area contributed by atoms with Gasteiger partial charge >= 0.3 is 0 Å². The van der Waals surface area contributed by atoms with Gasteiger partial charge in [-0.25, -0.2) is 4.98 Å². The first kappa shape index (κ1) is 15.8. The molecule has 6 nitrogen and oxygen atoms in total. The fourth-order valence-corrected chi connectivity index (χ4v) is 4.54. The molecule has 2 saturated heterocycles. The normalized spacial score (nSPS) is 26.6. The molecular formula is C17H22N4O2S. The number of aryl methyl sites for hydroxylation is 1. The summed E-state index contributed by atoms with van der Waals surface area (Å²) in [5.74, 6) is 0.465. The first-order chi connectivity index (χ1) is 11.7. The van der Waals surface area contributed by atoms with Crippen LogP contribution in [0.15, 0.2) is 29.9 Å². The number of nitrogens with zero attached hydrogens (tertiary/aromatic N) is 3. The Bertz CT molecular complexity index is 714. The first-order valence-electron chi connectivity index (χ1n) is 8.24. The molecule has 24 heavy (non-hydrogen) atoms. The maximum atomic E-state index is 12.4. The van der Waals surface area contributed by atoms with Crippen molar-refractivity contribution in [3.63, 3.8) is 0 Å². The van der Waals surface area contributed by atoms with Crippen LogP contribution in [0.3, 0.4) is 0 Å². The van der Waals surface area contributed by atoms with Crippen molar-refractivity contribution < 1.29 is 9.53 Å². The predicted molar refractivity (Wildman–Crippen MR) is 91.9 cm³/mol. The van der Waals surface area contributed by atoms with Crippen LogP contribution in [0.25, 0.3) is 0 Å². The summed E-state index contributed by atoms with van der Waals surface area (Å²) in [5.41, 5.74) is 0.720. The zero-order chi connectivity index (χ0) is 16.6. The molecule has 2 atom stereocenters. The number of hydrogen-bond donors (Lipinski definition) is 1. The van der Waals surface area contributed by atoms with Crippen molar-refractivity contribution in [1.82, 2.24) is 19.8 Å². The molecule has 2 aliphatic rings. The van der Waals surface area contributed by atoms with Gasteiger partial charge in [0.1, 0.15) is 10.7 Å². The Hall–Kier alpha value is -1.70. The van der Waals surface area contributed by atoms with E-state index < -0.39 is 0 Å². The number of likely N-dealkylation sites (tertiary alicyclic amines) is 1. The zero-order valence-electron chi connectivity index (χ0n) is 13.8. The third-order valence-corrected chi connectivity index (χ3v) is 5.98. The van der Waals surface area contributed by atoms with Crippen LogP contribution < -0.4 is 5.32 Å². The lowest BCUT2D eigenvalue weighted by molar-refractivity contribution is 0.0896. The number of carbonyl (C=O) groups excluding carboxylic acids is 1. The van der Waals surface area contributed by atoms with E-state index in [4.69, 9.17) is 4.74 Å². The second-order valence-corrected chi connectivity index (χ2v) is 7.84. The molecule has 2 aromatic heterocycles. The van der Waals surface area contributed by atoms with Gasteiger partial charge in [-0.2, -0.15) is 0 Å². The number of carbonyl (C=O) groups is 1. The van der Waals surface area contributed by atoms with Crippen LogP contribution in [0.1, 0.15) is 15.5 Å². The number of amides is 1. The molecule has 128 valence electrons. The van der Waals surface area contributed by atoms with E-state index in [2.05, 4.69) is 15.2 Å². The number of ether oxygens (including phenoxy) is 1. The molecule has 0 bridgehead atoms. The molecule has 7 heteroatoms. The molecule has 0 aromatic carbocycles. The smallest absolute Gasteiger partial charge is 0.267 e. The van der Waals surface area contributed by atoms with E-state index in [0.29, 0.717) is 18.2 Å². The minimum absolute atomic E-state index is 0.0131. The van der Waals surface area contributed by atoms with Crippen molar-refractivity contribution in [1.29, 1.82) is 0 Å². The van der Waals surface area contributed by atoms with Crippen LogP contribution in [0, 0.1) is 11.3 Å². The Morgan fingerprint density at radius 3 is 3.25 bits per heavy atom. The number of rotatable bonds is 5. The van der Waals surface area contributed by atoms with Crippen LogP contribution in [0.5, 0.6) is 0 Å². The fourth-order valence-electron chi connectivity index (χ4n) is 3.88. The van der Waals surface area contributed by atoms with Crippen LogP contribution >= 0.6 is 11.3 Å². The summed E-state index contributed by atoms with van der Waals surface area (Å²) in [7, 11) is 1.89. The lowest BCUT2D eigenvalue weighted by Gasteiger charge is -2.27. The quantitative estimate of drug-likeness (QED) is 0.888. The molecule has 2 aliphatic heterocycles. The molecule has 1 amide bonds. The highest BCUT2D eigenvalue weighted by molar-refractivity contribution is 7.09. The van der Waals surface area contributed by atoms with Crippen molar-refractivity contribution in [2.45, 2.75) is 6.54 Å². The van der Waals surface area contributed by atoms with Gasteiger partial charge in [0.15, 0.2) is 0 Å². The Morgan fingerprint density at radius 2 is 2.50 bits per heavy atom. The maximum absolute atomic E-state index is 12.4. The summed E-state index contributed by atoms with van der Waals surface area (Å²) in [6.45, 7) is 5.02. The van der Waals surface area contributed by atoms with Gasteiger partial charge in [-0.15, -0.1) is 11.3 Å². The van der Waals surface area contributed by atoms with Gasteiger partial charge in [-0.05, 0) is 12.1 Å². The number of fused-ring (bicyclic) bond motifs is 1. The summed E-state index contributed by atoms with van der Waals surface area (Å²) in [4.78, 5) is 19.2. The van der Waals surface area contributed by atoms with E-state index in [-0.39, 0.29) is 11.3 Å². The van der Waals surface area contributed by atoms with Gasteiger partial charge in [0.2, 0.25) is 0 Å². The van der Waals surface area contributed by atoms with Crippen molar-refractivity contribution in [3.8, 4) is 0 Å². The Morgan fingerprint density at radius 1 is 1.58 bits per heavy atom. The summed E-state index contributed by atoms with van der Waals surface area (Å²) < 4.78 is 7.60. The maximum Gasteiger partial charge on any atom is 0.267 e. The predicted octanol–water partition coefficient (Wildman–Crippen LogP) is 1.36. The van der Waals surface area contributed by atoms with Gasteiger partial charge in [0, 0.05) is 55.8 Å². The van der Waals surface area contributed by atoms with Crippen LogP contribution in [0.2, 0.25) is 0 Å². The van der Waals surface area contributed by atoms with Crippen molar-refractivity contribution in [3.05, 3.63) is 40.6 Å². The summed E-state index contributed by atoms with van der Waals surface area (Å²) in [6, 6.07) is 3.74. The SMILES string of the molecule is Cn1cccc1C(=O)NC[C@]12COC[C@H]1CN(Cc1nccs1)C2. The highest BCUT2D eigenvalue weighted by Gasteiger charge is 2.50. The van der Waals surface area contributed by atoms with Gasteiger partial charge in [-0.3, -0.25) is 9.69 Å². The third kappa shape index (κ3) is 2.87. The number of aromatic nitrogens is 2. The first-order valence-corrected chi connectivity index (χ1v) is 9.12. The number of thiazole rings is 1. The van der Waals surface area contributed by atoms with Crippen LogP contribution in [-0.2, 0) is 18.3 Å². The fraction of sp³-hybridized carbons (Fsp3) is 0.529. The Labute approximate surface area is 145 Å². The van der Waals surface area contributed by atoms with Crippen molar-refractivity contribution in [2.75, 3.05) is 32.8 Å². The lowest BCUT2D eigenvalue weighted by Crippen LogP contribution is -2.43.